The first-order valence-corrected chi connectivity index (χ1v) is 8.40. The third kappa shape index (κ3) is 3.04. The quantitative estimate of drug-likeness (QED) is 0.605. The zero-order valence-corrected chi connectivity index (χ0v) is 14.2. The molecule has 0 unspecified atom stereocenters. The minimum absolute atomic E-state index is 0.0304. The molecule has 0 aromatic heterocycles. The summed E-state index contributed by atoms with van der Waals surface area (Å²) >= 11 is 0. The van der Waals surface area contributed by atoms with Gasteiger partial charge >= 0.3 is 0 Å². The molecule has 5 heteroatoms. The maximum atomic E-state index is 13.0. The predicted molar refractivity (Wildman–Crippen MR) is 98.5 cm³/mol. The van der Waals surface area contributed by atoms with Gasteiger partial charge in [0, 0.05) is 16.7 Å². The van der Waals surface area contributed by atoms with Gasteiger partial charge in [-0.1, -0.05) is 48.5 Å². The lowest BCUT2D eigenvalue weighted by molar-refractivity contribution is -0.115. The van der Waals surface area contributed by atoms with Crippen molar-refractivity contribution in [2.24, 2.45) is 0 Å². The van der Waals surface area contributed by atoms with Crippen LogP contribution in [0.3, 0.4) is 0 Å². The fourth-order valence-corrected chi connectivity index (χ4v) is 3.23. The summed E-state index contributed by atoms with van der Waals surface area (Å²) in [5.41, 5.74) is 2.12. The zero-order chi connectivity index (χ0) is 19.0. The molecular weight excluding hydrogens is 345 g/mol. The van der Waals surface area contributed by atoms with Crippen LogP contribution in [0.4, 0.5) is 10.1 Å². The van der Waals surface area contributed by atoms with Crippen LogP contribution in [0.25, 0.3) is 0 Å². The van der Waals surface area contributed by atoms with E-state index in [9.17, 15) is 18.8 Å². The van der Waals surface area contributed by atoms with E-state index >= 15 is 0 Å². The van der Waals surface area contributed by atoms with E-state index < -0.39 is 0 Å². The van der Waals surface area contributed by atoms with Crippen molar-refractivity contribution in [1.29, 1.82) is 0 Å². The average Bonchev–Trinajstić information content (AvgIpc) is 2.68. The third-order valence-electron chi connectivity index (χ3n) is 4.50. The lowest BCUT2D eigenvalue weighted by Crippen LogP contribution is -2.24. The largest absolute Gasteiger partial charge is 0.325 e. The molecule has 4 nitrogen and oxygen atoms in total. The standard InChI is InChI=1S/C22H14FNO3/c23-14-10-8-13(9-11-14)12-19(25)24-18-7-3-6-17-20(18)22(27)16-5-2-1-4-15(16)21(17)26/h1-11H,12H2,(H,24,25). The molecule has 0 spiro atoms. The average molecular weight is 359 g/mol. The van der Waals surface area contributed by atoms with Crippen LogP contribution in [-0.2, 0) is 11.2 Å². The number of nitrogens with one attached hydrogen (secondary N) is 1. The van der Waals surface area contributed by atoms with E-state index in [0.717, 1.165) is 0 Å². The Morgan fingerprint density at radius 1 is 0.778 bits per heavy atom. The van der Waals surface area contributed by atoms with Crippen molar-refractivity contribution in [3.05, 3.63) is 100 Å². The van der Waals surface area contributed by atoms with Gasteiger partial charge in [-0.15, -0.1) is 0 Å². The van der Waals surface area contributed by atoms with E-state index in [0.29, 0.717) is 22.4 Å². The van der Waals surface area contributed by atoms with Crippen LogP contribution >= 0.6 is 0 Å². The van der Waals surface area contributed by atoms with Crippen LogP contribution in [0.1, 0.15) is 37.4 Å². The number of hydrogen-bond donors (Lipinski definition) is 1. The van der Waals surface area contributed by atoms with E-state index in [1.807, 2.05) is 0 Å². The van der Waals surface area contributed by atoms with E-state index in [1.165, 1.54) is 24.3 Å². The van der Waals surface area contributed by atoms with Gasteiger partial charge in [-0.3, -0.25) is 14.4 Å². The van der Waals surface area contributed by atoms with Crippen molar-refractivity contribution in [2.45, 2.75) is 6.42 Å². The smallest absolute Gasteiger partial charge is 0.228 e. The summed E-state index contributed by atoms with van der Waals surface area (Å²) in [6.07, 6.45) is 0.0304. The second-order valence-corrected chi connectivity index (χ2v) is 6.28. The number of fused-ring (bicyclic) bond motifs is 2. The van der Waals surface area contributed by atoms with Crippen molar-refractivity contribution in [3.63, 3.8) is 0 Å². The van der Waals surface area contributed by atoms with Crippen LogP contribution in [-0.4, -0.2) is 17.5 Å². The molecule has 4 rings (SSSR count). The van der Waals surface area contributed by atoms with Crippen LogP contribution in [0.2, 0.25) is 0 Å². The number of hydrogen-bond acceptors (Lipinski definition) is 3. The molecule has 0 saturated heterocycles. The van der Waals surface area contributed by atoms with Crippen LogP contribution < -0.4 is 5.32 Å². The van der Waals surface area contributed by atoms with Gasteiger partial charge in [0.15, 0.2) is 11.6 Å². The summed E-state index contributed by atoms with van der Waals surface area (Å²) < 4.78 is 13.0. The maximum Gasteiger partial charge on any atom is 0.228 e. The summed E-state index contributed by atoms with van der Waals surface area (Å²) in [6.45, 7) is 0. The van der Waals surface area contributed by atoms with Gasteiger partial charge in [0.1, 0.15) is 5.82 Å². The second kappa shape index (κ2) is 6.61. The number of rotatable bonds is 3. The Kier molecular flexibility index (Phi) is 4.12. The van der Waals surface area contributed by atoms with E-state index in [2.05, 4.69) is 5.32 Å². The summed E-state index contributed by atoms with van der Waals surface area (Å²) in [6, 6.07) is 17.1. The molecule has 0 saturated carbocycles. The highest BCUT2D eigenvalue weighted by atomic mass is 19.1. The molecule has 1 amide bonds. The van der Waals surface area contributed by atoms with Crippen LogP contribution in [0, 0.1) is 5.82 Å². The normalized spacial score (nSPS) is 12.3. The number of carbonyl (C=O) groups excluding carboxylic acids is 3. The second-order valence-electron chi connectivity index (χ2n) is 6.28. The lowest BCUT2D eigenvalue weighted by atomic mass is 9.83. The molecular formula is C22H14FNO3. The van der Waals surface area contributed by atoms with Gasteiger partial charge in [0.05, 0.1) is 17.7 Å². The molecule has 3 aromatic carbocycles. The van der Waals surface area contributed by atoms with E-state index in [4.69, 9.17) is 0 Å². The van der Waals surface area contributed by atoms with Crippen molar-refractivity contribution in [3.8, 4) is 0 Å². The summed E-state index contributed by atoms with van der Waals surface area (Å²) in [5.74, 6) is -1.26. The Labute approximate surface area is 154 Å². The molecule has 0 heterocycles. The Morgan fingerprint density at radius 3 is 2.11 bits per heavy atom. The third-order valence-corrected chi connectivity index (χ3v) is 4.50. The Balaban J connectivity index is 1.66. The number of benzene rings is 3. The predicted octanol–water partition coefficient (Wildman–Crippen LogP) is 3.78. The van der Waals surface area contributed by atoms with Crippen molar-refractivity contribution in [2.75, 3.05) is 5.32 Å². The fraction of sp³-hybridized carbons (Fsp3) is 0.0455. The molecule has 0 bridgehead atoms. The number of carbonyl (C=O) groups is 3. The number of halogens is 1. The molecule has 27 heavy (non-hydrogen) atoms. The minimum atomic E-state index is -0.376. The Bertz CT molecular complexity index is 1090. The van der Waals surface area contributed by atoms with Crippen LogP contribution in [0.5, 0.6) is 0 Å². The Hall–Kier alpha value is -3.60. The maximum absolute atomic E-state index is 13.0. The highest BCUT2D eigenvalue weighted by Gasteiger charge is 2.31. The van der Waals surface area contributed by atoms with Crippen LogP contribution in [0.15, 0.2) is 66.7 Å². The molecule has 1 N–H and O–H groups in total. The minimum Gasteiger partial charge on any atom is -0.325 e. The monoisotopic (exact) mass is 359 g/mol. The van der Waals surface area contributed by atoms with Gasteiger partial charge in [-0.25, -0.2) is 4.39 Å². The molecule has 0 fully saturated rings. The van der Waals surface area contributed by atoms with E-state index in [-0.39, 0.29) is 40.8 Å². The zero-order valence-electron chi connectivity index (χ0n) is 14.2. The van der Waals surface area contributed by atoms with Gasteiger partial charge in [0.2, 0.25) is 5.91 Å². The van der Waals surface area contributed by atoms with Gasteiger partial charge < -0.3 is 5.32 Å². The highest BCUT2D eigenvalue weighted by Crippen LogP contribution is 2.31. The topological polar surface area (TPSA) is 63.2 Å². The molecule has 1 aliphatic carbocycles. The molecule has 132 valence electrons. The van der Waals surface area contributed by atoms with Crippen molar-refractivity contribution in [1.82, 2.24) is 0 Å². The Morgan fingerprint density at radius 2 is 1.41 bits per heavy atom. The summed E-state index contributed by atoms with van der Waals surface area (Å²) in [5, 5.41) is 2.71. The van der Waals surface area contributed by atoms with Gasteiger partial charge in [-0.2, -0.15) is 0 Å². The van der Waals surface area contributed by atoms with Crippen molar-refractivity contribution >= 4 is 23.2 Å². The summed E-state index contributed by atoms with van der Waals surface area (Å²) in [4.78, 5) is 38.0. The van der Waals surface area contributed by atoms with Crippen molar-refractivity contribution < 1.29 is 18.8 Å². The first-order chi connectivity index (χ1) is 13.0. The molecule has 1 aliphatic rings. The summed E-state index contributed by atoms with van der Waals surface area (Å²) in [7, 11) is 0. The highest BCUT2D eigenvalue weighted by molar-refractivity contribution is 6.30. The number of amides is 1. The fourth-order valence-electron chi connectivity index (χ4n) is 3.23. The molecule has 0 aliphatic heterocycles. The van der Waals surface area contributed by atoms with E-state index in [1.54, 1.807) is 42.5 Å². The first kappa shape index (κ1) is 16.8. The lowest BCUT2D eigenvalue weighted by Gasteiger charge is -2.20. The SMILES string of the molecule is O=C(Cc1ccc(F)cc1)Nc1cccc2c1C(=O)c1ccccc1C2=O. The number of ketones is 2. The first-order valence-electron chi connectivity index (χ1n) is 8.40. The van der Waals surface area contributed by atoms with Gasteiger partial charge in [-0.05, 0) is 23.8 Å². The van der Waals surface area contributed by atoms with Gasteiger partial charge in [0.25, 0.3) is 0 Å². The molecule has 3 aromatic rings. The molecule has 0 radical (unpaired) electrons. The number of anilines is 1. The molecule has 0 atom stereocenters.